The number of hydrogen-bond acceptors (Lipinski definition) is 6. The second kappa shape index (κ2) is 14.1. The minimum Gasteiger partial charge on any atom is -0.469 e. The summed E-state index contributed by atoms with van der Waals surface area (Å²) in [5, 5.41) is 4.46. The Labute approximate surface area is 232 Å². The van der Waals surface area contributed by atoms with Crippen LogP contribution in [0.5, 0.6) is 0 Å². The lowest BCUT2D eigenvalue weighted by Crippen LogP contribution is -2.40. The number of nitrogens with zero attached hydrogens (tertiary/aromatic N) is 3. The molecule has 3 aromatic rings. The van der Waals surface area contributed by atoms with Gasteiger partial charge in [-0.25, -0.2) is 4.98 Å². The summed E-state index contributed by atoms with van der Waals surface area (Å²) < 4.78 is 5.02. The summed E-state index contributed by atoms with van der Waals surface area (Å²) in [6.07, 6.45) is 8.37. The number of carbonyl (C=O) groups is 2. The molecule has 7 nitrogen and oxygen atoms in total. The topological polar surface area (TPSA) is 84.4 Å². The number of carbonyl (C=O) groups excluding carboxylic acids is 2. The number of benzene rings is 1. The number of piperidine rings is 1. The molecule has 4 heterocycles. The lowest BCUT2D eigenvalue weighted by Gasteiger charge is -2.36. The van der Waals surface area contributed by atoms with Crippen LogP contribution in [-0.4, -0.2) is 53.5 Å². The summed E-state index contributed by atoms with van der Waals surface area (Å²) in [5.74, 6) is 1.36. The van der Waals surface area contributed by atoms with Gasteiger partial charge < -0.3 is 15.0 Å². The molecule has 39 heavy (non-hydrogen) atoms. The number of likely N-dealkylation sites (tertiary alicyclic amines) is 1. The SMILES string of the molecule is CC.COC(=O)CC(c1cnc2ccccc2c1)C1CCN(C(=O)CCCc2ccc3c(n2)NCCC3)CC1. The highest BCUT2D eigenvalue weighted by Crippen LogP contribution is 2.36. The van der Waals surface area contributed by atoms with Crippen molar-refractivity contribution in [1.82, 2.24) is 14.9 Å². The molecule has 1 fully saturated rings. The van der Waals surface area contributed by atoms with Crippen LogP contribution >= 0.6 is 0 Å². The predicted molar refractivity (Wildman–Crippen MR) is 156 cm³/mol. The molecule has 5 rings (SSSR count). The zero-order chi connectivity index (χ0) is 27.6. The standard InChI is InChI=1S/C30H36N4O3.C2H6/c1-37-29(36)19-26(24-18-23-6-2-3-9-27(23)32-20-24)21-13-16-34(17-14-21)28(35)10-4-8-25-12-11-22-7-5-15-31-30(22)33-25;1-2/h2-3,6,9,11-12,18,20-21,26H,4-5,7-8,10,13-17,19H2,1H3,(H,31,33);1-2H3. The predicted octanol–water partition coefficient (Wildman–Crippen LogP) is 5.92. The van der Waals surface area contributed by atoms with E-state index in [4.69, 9.17) is 9.72 Å². The molecule has 1 amide bonds. The van der Waals surface area contributed by atoms with Crippen molar-refractivity contribution >= 4 is 28.6 Å². The number of aromatic nitrogens is 2. The Morgan fingerprint density at radius 3 is 2.72 bits per heavy atom. The van der Waals surface area contributed by atoms with Gasteiger partial charge in [-0.3, -0.25) is 14.6 Å². The molecule has 1 unspecified atom stereocenters. The Kier molecular flexibility index (Phi) is 10.3. The van der Waals surface area contributed by atoms with Gasteiger partial charge in [0.15, 0.2) is 0 Å². The van der Waals surface area contributed by atoms with Crippen molar-refractivity contribution in [3.8, 4) is 0 Å². The molecule has 2 aliphatic heterocycles. The van der Waals surface area contributed by atoms with Crippen molar-refractivity contribution < 1.29 is 14.3 Å². The van der Waals surface area contributed by atoms with E-state index in [0.717, 1.165) is 86.1 Å². The molecule has 0 spiro atoms. The van der Waals surface area contributed by atoms with Crippen LogP contribution < -0.4 is 5.32 Å². The number of ether oxygens (including phenoxy) is 1. The largest absolute Gasteiger partial charge is 0.469 e. The first-order valence-corrected chi connectivity index (χ1v) is 14.5. The molecule has 1 atom stereocenters. The lowest BCUT2D eigenvalue weighted by atomic mass is 9.78. The van der Waals surface area contributed by atoms with E-state index in [0.29, 0.717) is 18.8 Å². The number of pyridine rings is 2. The maximum atomic E-state index is 12.9. The molecule has 0 aliphatic carbocycles. The molecule has 2 aliphatic rings. The summed E-state index contributed by atoms with van der Waals surface area (Å²) in [6.45, 7) is 6.43. The number of anilines is 1. The second-order valence-corrected chi connectivity index (χ2v) is 10.3. The molecule has 7 heteroatoms. The maximum absolute atomic E-state index is 12.9. The van der Waals surface area contributed by atoms with Gasteiger partial charge in [-0.05, 0) is 79.7 Å². The van der Waals surface area contributed by atoms with E-state index in [-0.39, 0.29) is 17.8 Å². The van der Waals surface area contributed by atoms with Gasteiger partial charge in [-0.15, -0.1) is 0 Å². The molecule has 0 radical (unpaired) electrons. The van der Waals surface area contributed by atoms with Crippen LogP contribution in [0.25, 0.3) is 10.9 Å². The van der Waals surface area contributed by atoms with Crippen LogP contribution in [-0.2, 0) is 27.2 Å². The molecular formula is C32H42N4O3. The number of rotatable bonds is 8. The minimum atomic E-state index is -0.206. The van der Waals surface area contributed by atoms with Crippen LogP contribution in [0.3, 0.4) is 0 Å². The monoisotopic (exact) mass is 530 g/mol. The van der Waals surface area contributed by atoms with Crippen molar-refractivity contribution in [1.29, 1.82) is 0 Å². The van der Waals surface area contributed by atoms with Crippen molar-refractivity contribution in [2.45, 2.75) is 71.1 Å². The van der Waals surface area contributed by atoms with E-state index in [2.05, 4.69) is 34.6 Å². The molecule has 0 saturated carbocycles. The molecule has 1 N–H and O–H groups in total. The molecule has 0 bridgehead atoms. The summed E-state index contributed by atoms with van der Waals surface area (Å²) in [5.41, 5.74) is 4.36. The van der Waals surface area contributed by atoms with Crippen LogP contribution in [0.2, 0.25) is 0 Å². The number of para-hydroxylation sites is 1. The summed E-state index contributed by atoms with van der Waals surface area (Å²) >= 11 is 0. The summed E-state index contributed by atoms with van der Waals surface area (Å²) in [6, 6.07) is 14.5. The highest BCUT2D eigenvalue weighted by molar-refractivity contribution is 5.79. The third-order valence-corrected chi connectivity index (χ3v) is 7.89. The Morgan fingerprint density at radius 1 is 1.13 bits per heavy atom. The van der Waals surface area contributed by atoms with Gasteiger partial charge in [-0.2, -0.15) is 0 Å². The highest BCUT2D eigenvalue weighted by atomic mass is 16.5. The van der Waals surface area contributed by atoms with E-state index < -0.39 is 0 Å². The highest BCUT2D eigenvalue weighted by Gasteiger charge is 2.31. The molecule has 1 aromatic carbocycles. The van der Waals surface area contributed by atoms with Crippen molar-refractivity contribution in [2.24, 2.45) is 5.92 Å². The van der Waals surface area contributed by atoms with E-state index >= 15 is 0 Å². The van der Waals surface area contributed by atoms with E-state index in [1.807, 2.05) is 43.1 Å². The third kappa shape index (κ3) is 7.34. The lowest BCUT2D eigenvalue weighted by molar-refractivity contribution is -0.142. The molecule has 208 valence electrons. The normalized spacial score (nSPS) is 15.9. The number of amides is 1. The average molecular weight is 531 g/mol. The van der Waals surface area contributed by atoms with E-state index in [9.17, 15) is 9.59 Å². The third-order valence-electron chi connectivity index (χ3n) is 7.89. The quantitative estimate of drug-likeness (QED) is 0.364. The van der Waals surface area contributed by atoms with Gasteiger partial charge in [0.1, 0.15) is 5.82 Å². The number of fused-ring (bicyclic) bond motifs is 2. The first kappa shape index (κ1) is 28.5. The fourth-order valence-corrected chi connectivity index (χ4v) is 5.75. The van der Waals surface area contributed by atoms with Gasteiger partial charge in [0.2, 0.25) is 5.91 Å². The Hall–Kier alpha value is -3.48. The molecule has 1 saturated heterocycles. The Balaban J connectivity index is 0.00000172. The van der Waals surface area contributed by atoms with Crippen LogP contribution in [0, 0.1) is 5.92 Å². The number of esters is 1. The molecular weight excluding hydrogens is 488 g/mol. The number of hydrogen-bond donors (Lipinski definition) is 1. The van der Waals surface area contributed by atoms with Gasteiger partial charge in [0, 0.05) is 43.3 Å². The second-order valence-electron chi connectivity index (χ2n) is 10.3. The summed E-state index contributed by atoms with van der Waals surface area (Å²) in [4.78, 5) is 36.6. The van der Waals surface area contributed by atoms with Crippen molar-refractivity contribution in [2.75, 3.05) is 32.1 Å². The first-order chi connectivity index (χ1) is 19.1. The number of methoxy groups -OCH3 is 1. The van der Waals surface area contributed by atoms with Gasteiger partial charge in [0.25, 0.3) is 0 Å². The van der Waals surface area contributed by atoms with E-state index in [1.165, 1.54) is 12.7 Å². The van der Waals surface area contributed by atoms with Crippen molar-refractivity contribution in [3.05, 3.63) is 65.5 Å². The maximum Gasteiger partial charge on any atom is 0.306 e. The first-order valence-electron chi connectivity index (χ1n) is 14.5. The summed E-state index contributed by atoms with van der Waals surface area (Å²) in [7, 11) is 1.44. The Morgan fingerprint density at radius 2 is 1.92 bits per heavy atom. The van der Waals surface area contributed by atoms with Gasteiger partial charge in [0.05, 0.1) is 19.0 Å². The van der Waals surface area contributed by atoms with Crippen LogP contribution in [0.4, 0.5) is 5.82 Å². The molecule has 2 aromatic heterocycles. The van der Waals surface area contributed by atoms with Crippen LogP contribution in [0.1, 0.15) is 75.1 Å². The smallest absolute Gasteiger partial charge is 0.306 e. The fraction of sp³-hybridized carbons (Fsp3) is 0.500. The fourth-order valence-electron chi connectivity index (χ4n) is 5.75. The zero-order valence-electron chi connectivity index (χ0n) is 23.6. The Bertz CT molecular complexity index is 1250. The average Bonchev–Trinajstić information content (AvgIpc) is 3.00. The van der Waals surface area contributed by atoms with Gasteiger partial charge >= 0.3 is 5.97 Å². The zero-order valence-corrected chi connectivity index (χ0v) is 23.6. The minimum absolute atomic E-state index is 0.0329. The number of aryl methyl sites for hydroxylation is 2. The van der Waals surface area contributed by atoms with Crippen LogP contribution in [0.15, 0.2) is 48.7 Å². The number of nitrogens with one attached hydrogen (secondary N) is 1. The van der Waals surface area contributed by atoms with Gasteiger partial charge in [-0.1, -0.05) is 38.1 Å². The van der Waals surface area contributed by atoms with Crippen molar-refractivity contribution in [3.63, 3.8) is 0 Å². The van der Waals surface area contributed by atoms with E-state index in [1.54, 1.807) is 0 Å².